The van der Waals surface area contributed by atoms with Gasteiger partial charge in [-0.2, -0.15) is 0 Å². The predicted molar refractivity (Wildman–Crippen MR) is 89.2 cm³/mol. The van der Waals surface area contributed by atoms with Gasteiger partial charge in [-0.3, -0.25) is 0 Å². The van der Waals surface area contributed by atoms with E-state index in [0.29, 0.717) is 0 Å². The highest BCUT2D eigenvalue weighted by Gasteiger charge is 2.13. The molecule has 0 bridgehead atoms. The van der Waals surface area contributed by atoms with E-state index in [1.807, 2.05) is 0 Å². The van der Waals surface area contributed by atoms with Crippen molar-refractivity contribution in [3.63, 3.8) is 0 Å². The number of anilines is 3. The van der Waals surface area contributed by atoms with Crippen LogP contribution in [0, 0.1) is 0 Å². The fourth-order valence-corrected chi connectivity index (χ4v) is 2.18. The Labute approximate surface area is 122 Å². The topological polar surface area (TPSA) is 15.3 Å². The van der Waals surface area contributed by atoms with E-state index in [9.17, 15) is 0 Å². The highest BCUT2D eigenvalue weighted by molar-refractivity contribution is 5.74. The molecular formula is C18H24N2. The van der Waals surface area contributed by atoms with E-state index in [0.717, 1.165) is 11.4 Å². The Morgan fingerprint density at radius 1 is 0.850 bits per heavy atom. The first kappa shape index (κ1) is 14.4. The van der Waals surface area contributed by atoms with Crippen LogP contribution in [0.2, 0.25) is 0 Å². The van der Waals surface area contributed by atoms with Gasteiger partial charge in [0.2, 0.25) is 0 Å². The van der Waals surface area contributed by atoms with E-state index in [4.69, 9.17) is 0 Å². The summed E-state index contributed by atoms with van der Waals surface area (Å²) in [6.07, 6.45) is 0. The zero-order valence-corrected chi connectivity index (χ0v) is 13.1. The number of nitrogens with zero attached hydrogens (tertiary/aromatic N) is 1. The Morgan fingerprint density at radius 3 is 2.00 bits per heavy atom. The lowest BCUT2D eigenvalue weighted by atomic mass is 9.87. The van der Waals surface area contributed by atoms with Crippen LogP contribution >= 0.6 is 0 Å². The molecule has 20 heavy (non-hydrogen) atoms. The molecule has 2 aromatic carbocycles. The summed E-state index contributed by atoms with van der Waals surface area (Å²) >= 11 is 0. The Hall–Kier alpha value is -1.96. The molecule has 106 valence electrons. The van der Waals surface area contributed by atoms with E-state index in [1.165, 1.54) is 11.3 Å². The molecule has 2 nitrogen and oxygen atoms in total. The van der Waals surface area contributed by atoms with Crippen LogP contribution in [0.1, 0.15) is 26.3 Å². The number of para-hydroxylation sites is 2. The molecule has 2 aromatic rings. The molecule has 0 aliphatic heterocycles. The largest absolute Gasteiger partial charge is 0.376 e. The number of hydrogen-bond donors (Lipinski definition) is 1. The molecule has 0 saturated carbocycles. The van der Waals surface area contributed by atoms with Gasteiger partial charge in [-0.05, 0) is 35.2 Å². The van der Waals surface area contributed by atoms with E-state index in [1.54, 1.807) is 0 Å². The molecule has 0 aliphatic carbocycles. The number of rotatable bonds is 3. The Kier molecular flexibility index (Phi) is 4.03. The van der Waals surface area contributed by atoms with Crippen LogP contribution in [-0.2, 0) is 5.41 Å². The van der Waals surface area contributed by atoms with Crippen molar-refractivity contribution < 1.29 is 0 Å². The summed E-state index contributed by atoms with van der Waals surface area (Å²) in [6, 6.07) is 17.0. The standard InChI is InChI=1S/C18H24N2/c1-18(2,3)14-10-12-15(13-11-14)19-16-8-6-7-9-17(16)20(4)5/h6-13,19H,1-5H3. The maximum Gasteiger partial charge on any atom is 0.0621 e. The van der Waals surface area contributed by atoms with Crippen LogP contribution in [0.15, 0.2) is 48.5 Å². The van der Waals surface area contributed by atoms with Crippen LogP contribution in [0.4, 0.5) is 17.1 Å². The highest BCUT2D eigenvalue weighted by atomic mass is 15.1. The quantitative estimate of drug-likeness (QED) is 0.860. The molecule has 0 aromatic heterocycles. The molecule has 0 amide bonds. The average Bonchev–Trinajstić information content (AvgIpc) is 2.38. The van der Waals surface area contributed by atoms with Crippen molar-refractivity contribution in [2.45, 2.75) is 26.2 Å². The molecular weight excluding hydrogens is 244 g/mol. The van der Waals surface area contributed by atoms with Gasteiger partial charge in [0.05, 0.1) is 11.4 Å². The van der Waals surface area contributed by atoms with E-state index < -0.39 is 0 Å². The van der Waals surface area contributed by atoms with Crippen LogP contribution in [0.25, 0.3) is 0 Å². The summed E-state index contributed by atoms with van der Waals surface area (Å²) in [6.45, 7) is 6.70. The van der Waals surface area contributed by atoms with Gasteiger partial charge in [-0.15, -0.1) is 0 Å². The van der Waals surface area contributed by atoms with Gasteiger partial charge in [0.1, 0.15) is 0 Å². The second-order valence-electron chi connectivity index (χ2n) is 6.36. The Balaban J connectivity index is 2.23. The van der Waals surface area contributed by atoms with Crippen LogP contribution in [0.3, 0.4) is 0 Å². The number of hydrogen-bond acceptors (Lipinski definition) is 2. The summed E-state index contributed by atoms with van der Waals surface area (Å²) in [7, 11) is 4.12. The molecule has 0 unspecified atom stereocenters. The van der Waals surface area contributed by atoms with Crippen molar-refractivity contribution in [3.8, 4) is 0 Å². The monoisotopic (exact) mass is 268 g/mol. The molecule has 0 fully saturated rings. The van der Waals surface area contributed by atoms with Gasteiger partial charge in [-0.1, -0.05) is 45.0 Å². The number of benzene rings is 2. The predicted octanol–water partition coefficient (Wildman–Crippen LogP) is 4.79. The second-order valence-corrected chi connectivity index (χ2v) is 6.36. The minimum absolute atomic E-state index is 0.195. The lowest BCUT2D eigenvalue weighted by Gasteiger charge is -2.21. The van der Waals surface area contributed by atoms with Gasteiger partial charge in [0.25, 0.3) is 0 Å². The summed E-state index contributed by atoms with van der Waals surface area (Å²) in [5, 5.41) is 3.49. The fourth-order valence-electron chi connectivity index (χ4n) is 2.18. The molecule has 0 aliphatic rings. The lowest BCUT2D eigenvalue weighted by molar-refractivity contribution is 0.590. The van der Waals surface area contributed by atoms with E-state index >= 15 is 0 Å². The van der Waals surface area contributed by atoms with Gasteiger partial charge in [-0.25, -0.2) is 0 Å². The van der Waals surface area contributed by atoms with Crippen molar-refractivity contribution in [2.24, 2.45) is 0 Å². The smallest absolute Gasteiger partial charge is 0.0621 e. The number of nitrogens with one attached hydrogen (secondary N) is 1. The molecule has 0 heterocycles. The molecule has 2 rings (SSSR count). The van der Waals surface area contributed by atoms with Crippen LogP contribution in [-0.4, -0.2) is 14.1 Å². The highest BCUT2D eigenvalue weighted by Crippen LogP contribution is 2.29. The molecule has 0 radical (unpaired) electrons. The first-order valence-electron chi connectivity index (χ1n) is 7.02. The SMILES string of the molecule is CN(C)c1ccccc1Nc1ccc(C(C)(C)C)cc1. The first-order valence-corrected chi connectivity index (χ1v) is 7.02. The minimum Gasteiger partial charge on any atom is -0.376 e. The van der Waals surface area contributed by atoms with Gasteiger partial charge < -0.3 is 10.2 Å². The summed E-state index contributed by atoms with van der Waals surface area (Å²) in [4.78, 5) is 2.12. The third-order valence-electron chi connectivity index (χ3n) is 3.42. The molecule has 0 spiro atoms. The molecule has 1 N–H and O–H groups in total. The van der Waals surface area contributed by atoms with Crippen molar-refractivity contribution in [3.05, 3.63) is 54.1 Å². The molecule has 0 saturated heterocycles. The van der Waals surface area contributed by atoms with Crippen molar-refractivity contribution >= 4 is 17.1 Å². The van der Waals surface area contributed by atoms with Crippen molar-refractivity contribution in [2.75, 3.05) is 24.3 Å². The maximum atomic E-state index is 3.49. The molecule has 0 atom stereocenters. The zero-order valence-electron chi connectivity index (χ0n) is 13.1. The Morgan fingerprint density at radius 2 is 1.45 bits per heavy atom. The first-order chi connectivity index (χ1) is 9.38. The van der Waals surface area contributed by atoms with Gasteiger partial charge >= 0.3 is 0 Å². The van der Waals surface area contributed by atoms with Crippen LogP contribution in [0.5, 0.6) is 0 Å². The second kappa shape index (κ2) is 5.58. The summed E-state index contributed by atoms with van der Waals surface area (Å²) < 4.78 is 0. The van der Waals surface area contributed by atoms with Gasteiger partial charge in [0.15, 0.2) is 0 Å². The lowest BCUT2D eigenvalue weighted by Crippen LogP contribution is -2.11. The minimum atomic E-state index is 0.195. The molecule has 2 heteroatoms. The fraction of sp³-hybridized carbons (Fsp3) is 0.333. The van der Waals surface area contributed by atoms with E-state index in [2.05, 4.69) is 93.6 Å². The third kappa shape index (κ3) is 3.32. The third-order valence-corrected chi connectivity index (χ3v) is 3.42. The summed E-state index contributed by atoms with van der Waals surface area (Å²) in [5.74, 6) is 0. The van der Waals surface area contributed by atoms with Crippen LogP contribution < -0.4 is 10.2 Å². The summed E-state index contributed by atoms with van der Waals surface area (Å²) in [5.41, 5.74) is 4.98. The average molecular weight is 268 g/mol. The maximum absolute atomic E-state index is 3.49. The van der Waals surface area contributed by atoms with Crippen molar-refractivity contribution in [1.82, 2.24) is 0 Å². The van der Waals surface area contributed by atoms with E-state index in [-0.39, 0.29) is 5.41 Å². The normalized spacial score (nSPS) is 11.2. The Bertz CT molecular complexity index is 563. The van der Waals surface area contributed by atoms with Gasteiger partial charge in [0, 0.05) is 19.8 Å². The zero-order chi connectivity index (χ0) is 14.8. The van der Waals surface area contributed by atoms with Crippen molar-refractivity contribution in [1.29, 1.82) is 0 Å².